The molecule has 2 N–H and O–H groups in total. The highest BCUT2D eigenvalue weighted by molar-refractivity contribution is 7.88. The second kappa shape index (κ2) is 7.49. The highest BCUT2D eigenvalue weighted by atomic mass is 32.2. The van der Waals surface area contributed by atoms with Gasteiger partial charge in [0.15, 0.2) is 0 Å². The molecule has 1 fully saturated rings. The topological polar surface area (TPSA) is 99.6 Å². The second-order valence-corrected chi connectivity index (χ2v) is 8.97. The summed E-state index contributed by atoms with van der Waals surface area (Å²) in [6, 6.07) is 1.92. The Bertz CT molecular complexity index is 944. The summed E-state index contributed by atoms with van der Waals surface area (Å²) in [6.07, 6.45) is 0.428. The van der Waals surface area contributed by atoms with Crippen molar-refractivity contribution in [1.29, 1.82) is 0 Å². The molecule has 1 aliphatic heterocycles. The maximum absolute atomic E-state index is 13.4. The quantitative estimate of drug-likeness (QED) is 0.778. The van der Waals surface area contributed by atoms with Gasteiger partial charge in [-0.3, -0.25) is 0 Å². The summed E-state index contributed by atoms with van der Waals surface area (Å²) < 4.78 is 52.4. The molecule has 0 aliphatic carbocycles. The molecule has 0 bridgehead atoms. The number of aromatic nitrogens is 1. The number of likely N-dealkylation sites (tertiary alicyclic amines) is 1. The smallest absolute Gasteiger partial charge is 0.407 e. The summed E-state index contributed by atoms with van der Waals surface area (Å²) in [4.78, 5) is 17.0. The molecule has 27 heavy (non-hydrogen) atoms. The van der Waals surface area contributed by atoms with Crippen molar-refractivity contribution in [2.75, 3.05) is 12.8 Å². The van der Waals surface area contributed by atoms with Crippen molar-refractivity contribution in [2.24, 2.45) is 0 Å². The summed E-state index contributed by atoms with van der Waals surface area (Å²) in [5, 5.41) is 11.4. The van der Waals surface area contributed by atoms with Crippen LogP contribution in [0.5, 0.6) is 0 Å². The van der Waals surface area contributed by atoms with E-state index in [-0.39, 0.29) is 18.5 Å². The number of hydrogen-bond donors (Lipinski definition) is 2. The van der Waals surface area contributed by atoms with E-state index in [0.717, 1.165) is 12.3 Å². The van der Waals surface area contributed by atoms with Gasteiger partial charge in [0.1, 0.15) is 16.6 Å². The van der Waals surface area contributed by atoms with Gasteiger partial charge in [0.05, 0.1) is 18.0 Å². The van der Waals surface area contributed by atoms with Crippen molar-refractivity contribution in [3.8, 4) is 10.6 Å². The Morgan fingerprint density at radius 2 is 2.04 bits per heavy atom. The van der Waals surface area contributed by atoms with E-state index in [1.54, 1.807) is 5.38 Å². The normalized spacial score (nSPS) is 20.2. The van der Waals surface area contributed by atoms with E-state index in [9.17, 15) is 27.1 Å². The highest BCUT2D eigenvalue weighted by Crippen LogP contribution is 2.28. The van der Waals surface area contributed by atoms with E-state index >= 15 is 0 Å². The van der Waals surface area contributed by atoms with Crippen molar-refractivity contribution in [3.63, 3.8) is 0 Å². The first-order chi connectivity index (χ1) is 12.6. The molecule has 11 heteroatoms. The van der Waals surface area contributed by atoms with Crippen LogP contribution in [0.2, 0.25) is 0 Å². The van der Waals surface area contributed by atoms with Gasteiger partial charge in [-0.2, -0.15) is 0 Å². The van der Waals surface area contributed by atoms with Gasteiger partial charge in [0, 0.05) is 36.0 Å². The molecular weight excluding hydrogens is 400 g/mol. The molecule has 7 nitrogen and oxygen atoms in total. The van der Waals surface area contributed by atoms with Gasteiger partial charge < -0.3 is 10.0 Å². The Hall–Kier alpha value is -2.11. The fourth-order valence-electron chi connectivity index (χ4n) is 3.18. The SMILES string of the molecule is CS(=O)(=O)N[C@@H]1CCN(C(=O)O)[C@@H]1Cc1csc(-c2cc(F)cc(F)c2)n1. The largest absolute Gasteiger partial charge is 0.465 e. The lowest BCUT2D eigenvalue weighted by Crippen LogP contribution is -2.47. The fourth-order valence-corrected chi connectivity index (χ4v) is 4.83. The van der Waals surface area contributed by atoms with Crippen LogP contribution < -0.4 is 4.72 Å². The molecule has 2 aromatic rings. The standard InChI is InChI=1S/C16H17F2N3O4S2/c1-27(24,25)20-13-2-3-21(16(22)23)14(13)7-12-8-26-15(19-12)9-4-10(17)6-11(18)5-9/h4-6,8,13-14,20H,2-3,7H2,1H3,(H,22,23)/t13-,14-/m1/s1. The van der Waals surface area contributed by atoms with Gasteiger partial charge in [0.2, 0.25) is 10.0 Å². The summed E-state index contributed by atoms with van der Waals surface area (Å²) in [7, 11) is -3.50. The number of hydrogen-bond acceptors (Lipinski definition) is 5. The zero-order valence-electron chi connectivity index (χ0n) is 14.2. The minimum atomic E-state index is -3.50. The molecule has 0 saturated carbocycles. The van der Waals surface area contributed by atoms with Gasteiger partial charge in [-0.1, -0.05) is 0 Å². The van der Waals surface area contributed by atoms with Crippen LogP contribution in [0.15, 0.2) is 23.6 Å². The van der Waals surface area contributed by atoms with Gasteiger partial charge in [-0.05, 0) is 18.6 Å². The number of amides is 1. The van der Waals surface area contributed by atoms with Gasteiger partial charge in [0.25, 0.3) is 0 Å². The van der Waals surface area contributed by atoms with E-state index in [0.29, 0.717) is 17.1 Å². The zero-order chi connectivity index (χ0) is 19.8. The lowest BCUT2D eigenvalue weighted by molar-refractivity contribution is 0.137. The van der Waals surface area contributed by atoms with E-state index in [1.165, 1.54) is 28.4 Å². The van der Waals surface area contributed by atoms with Crippen molar-refractivity contribution < 1.29 is 27.1 Å². The van der Waals surface area contributed by atoms with Crippen molar-refractivity contribution >= 4 is 27.5 Å². The summed E-state index contributed by atoms with van der Waals surface area (Å²) in [5.41, 5.74) is 0.814. The summed E-state index contributed by atoms with van der Waals surface area (Å²) >= 11 is 1.18. The Labute approximate surface area is 158 Å². The van der Waals surface area contributed by atoms with Crippen molar-refractivity contribution in [2.45, 2.75) is 24.9 Å². The van der Waals surface area contributed by atoms with E-state index < -0.39 is 39.8 Å². The van der Waals surface area contributed by atoms with Crippen LogP contribution in [-0.2, 0) is 16.4 Å². The molecule has 1 saturated heterocycles. The Balaban J connectivity index is 1.83. The van der Waals surface area contributed by atoms with Crippen LogP contribution in [0.3, 0.4) is 0 Å². The third-order valence-electron chi connectivity index (χ3n) is 4.24. The average molecular weight is 417 g/mol. The second-order valence-electron chi connectivity index (χ2n) is 6.33. The molecule has 1 aliphatic rings. The molecule has 146 valence electrons. The average Bonchev–Trinajstić information content (AvgIpc) is 3.13. The summed E-state index contributed by atoms with van der Waals surface area (Å²) in [5.74, 6) is -1.43. The fraction of sp³-hybridized carbons (Fsp3) is 0.375. The minimum absolute atomic E-state index is 0.188. The molecule has 0 unspecified atom stereocenters. The van der Waals surface area contributed by atoms with Crippen molar-refractivity contribution in [3.05, 3.63) is 40.9 Å². The minimum Gasteiger partial charge on any atom is -0.465 e. The number of sulfonamides is 1. The molecule has 1 amide bonds. The Morgan fingerprint density at radius 3 is 2.63 bits per heavy atom. The van der Waals surface area contributed by atoms with Crippen molar-refractivity contribution in [1.82, 2.24) is 14.6 Å². The van der Waals surface area contributed by atoms with Crippen LogP contribution in [0.4, 0.5) is 13.6 Å². The third-order valence-corrected chi connectivity index (χ3v) is 5.91. The number of benzene rings is 1. The molecule has 1 aromatic carbocycles. The first-order valence-electron chi connectivity index (χ1n) is 8.00. The molecule has 3 rings (SSSR count). The van der Waals surface area contributed by atoms with E-state index in [2.05, 4.69) is 9.71 Å². The molecule has 2 heterocycles. The number of nitrogens with one attached hydrogen (secondary N) is 1. The predicted molar refractivity (Wildman–Crippen MR) is 96.1 cm³/mol. The molecule has 2 atom stereocenters. The number of thiazole rings is 1. The van der Waals surface area contributed by atoms with Gasteiger partial charge >= 0.3 is 6.09 Å². The van der Waals surface area contributed by atoms with E-state index in [1.807, 2.05) is 0 Å². The lowest BCUT2D eigenvalue weighted by atomic mass is 10.1. The highest BCUT2D eigenvalue weighted by Gasteiger charge is 2.38. The number of nitrogens with zero attached hydrogens (tertiary/aromatic N) is 2. The number of rotatable bonds is 5. The molecule has 0 spiro atoms. The molecule has 1 aromatic heterocycles. The van der Waals surface area contributed by atoms with Crippen LogP contribution in [0.25, 0.3) is 10.6 Å². The zero-order valence-corrected chi connectivity index (χ0v) is 15.9. The molecular formula is C16H17F2N3O4S2. The van der Waals surface area contributed by atoms with Crippen LogP contribution in [0.1, 0.15) is 12.1 Å². The van der Waals surface area contributed by atoms with Gasteiger partial charge in [-0.25, -0.2) is 31.7 Å². The maximum atomic E-state index is 13.4. The third kappa shape index (κ3) is 4.79. The number of carbonyl (C=O) groups is 1. The Morgan fingerprint density at radius 1 is 1.37 bits per heavy atom. The van der Waals surface area contributed by atoms with E-state index in [4.69, 9.17) is 0 Å². The first kappa shape index (κ1) is 19.6. The maximum Gasteiger partial charge on any atom is 0.407 e. The number of carboxylic acid groups (broad SMARTS) is 1. The van der Waals surface area contributed by atoms with Gasteiger partial charge in [-0.15, -0.1) is 11.3 Å². The summed E-state index contributed by atoms with van der Waals surface area (Å²) in [6.45, 7) is 0.208. The first-order valence-corrected chi connectivity index (χ1v) is 10.8. The predicted octanol–water partition coefficient (Wildman–Crippen LogP) is 2.30. The monoisotopic (exact) mass is 417 g/mol. The Kier molecular flexibility index (Phi) is 5.45. The number of halogens is 2. The van der Waals surface area contributed by atoms with Crippen LogP contribution >= 0.6 is 11.3 Å². The van der Waals surface area contributed by atoms with Crippen LogP contribution in [-0.4, -0.2) is 54.4 Å². The lowest BCUT2D eigenvalue weighted by Gasteiger charge is -2.25. The van der Waals surface area contributed by atoms with Crippen LogP contribution in [0, 0.1) is 11.6 Å². The molecule has 0 radical (unpaired) electrons.